The minimum Gasteiger partial charge on any atom is -0.223 e. The Bertz CT molecular complexity index is 338. The third-order valence-electron chi connectivity index (χ3n) is 2.07. The SMILES string of the molecule is CCCCCCS(=O)(=O)c1cccs1. The third kappa shape index (κ3) is 3.42. The van der Waals surface area contributed by atoms with Gasteiger partial charge in [0.2, 0.25) is 0 Å². The molecule has 14 heavy (non-hydrogen) atoms. The van der Waals surface area contributed by atoms with Gasteiger partial charge >= 0.3 is 0 Å². The van der Waals surface area contributed by atoms with Crippen LogP contribution in [0.1, 0.15) is 32.6 Å². The van der Waals surface area contributed by atoms with Crippen LogP contribution in [0.2, 0.25) is 0 Å². The second-order valence-electron chi connectivity index (χ2n) is 3.31. The average molecular weight is 232 g/mol. The standard InChI is InChI=1S/C10H16O2S2/c1-2-3-4-5-9-14(11,12)10-7-6-8-13-10/h6-8H,2-5,9H2,1H3. The lowest BCUT2D eigenvalue weighted by atomic mass is 10.2. The Balaban J connectivity index is 2.44. The summed E-state index contributed by atoms with van der Waals surface area (Å²) < 4.78 is 23.8. The molecule has 0 aliphatic carbocycles. The molecule has 2 nitrogen and oxygen atoms in total. The number of hydrogen-bond donors (Lipinski definition) is 0. The van der Waals surface area contributed by atoms with Crippen LogP contribution in [0.25, 0.3) is 0 Å². The predicted octanol–water partition coefficient (Wildman–Crippen LogP) is 3.10. The van der Waals surface area contributed by atoms with Crippen molar-refractivity contribution in [2.75, 3.05) is 5.75 Å². The molecular formula is C10H16O2S2. The Hall–Kier alpha value is -0.350. The molecular weight excluding hydrogens is 216 g/mol. The quantitative estimate of drug-likeness (QED) is 0.706. The van der Waals surface area contributed by atoms with Crippen molar-refractivity contribution < 1.29 is 8.42 Å². The molecule has 0 unspecified atom stereocenters. The van der Waals surface area contributed by atoms with Crippen molar-refractivity contribution in [1.82, 2.24) is 0 Å². The van der Waals surface area contributed by atoms with Gasteiger partial charge in [-0.3, -0.25) is 0 Å². The lowest BCUT2D eigenvalue weighted by Gasteiger charge is -2.00. The molecule has 1 aromatic rings. The van der Waals surface area contributed by atoms with Crippen LogP contribution < -0.4 is 0 Å². The van der Waals surface area contributed by atoms with Gasteiger partial charge < -0.3 is 0 Å². The van der Waals surface area contributed by atoms with Crippen LogP contribution in [0.5, 0.6) is 0 Å². The Morgan fingerprint density at radius 2 is 2.07 bits per heavy atom. The highest BCUT2D eigenvalue weighted by Crippen LogP contribution is 2.18. The van der Waals surface area contributed by atoms with Crippen molar-refractivity contribution in [3.63, 3.8) is 0 Å². The first-order chi connectivity index (χ1) is 6.67. The molecule has 1 rings (SSSR count). The molecule has 0 N–H and O–H groups in total. The first-order valence-electron chi connectivity index (χ1n) is 4.93. The van der Waals surface area contributed by atoms with Crippen LogP contribution in [0.3, 0.4) is 0 Å². The number of unbranched alkanes of at least 4 members (excludes halogenated alkanes) is 3. The van der Waals surface area contributed by atoms with E-state index in [1.165, 1.54) is 11.3 Å². The summed E-state index contributed by atoms with van der Waals surface area (Å²) >= 11 is 1.31. The summed E-state index contributed by atoms with van der Waals surface area (Å²) in [4.78, 5) is 0. The molecule has 4 heteroatoms. The van der Waals surface area contributed by atoms with Gasteiger partial charge in [-0.25, -0.2) is 8.42 Å². The Morgan fingerprint density at radius 3 is 2.64 bits per heavy atom. The first kappa shape index (κ1) is 11.7. The van der Waals surface area contributed by atoms with Crippen LogP contribution in [0.15, 0.2) is 21.7 Å². The van der Waals surface area contributed by atoms with E-state index in [1.54, 1.807) is 17.5 Å². The summed E-state index contributed by atoms with van der Waals surface area (Å²) in [5, 5.41) is 1.80. The van der Waals surface area contributed by atoms with Gasteiger partial charge in [0.05, 0.1) is 5.75 Å². The van der Waals surface area contributed by atoms with Crippen molar-refractivity contribution in [1.29, 1.82) is 0 Å². The summed E-state index contributed by atoms with van der Waals surface area (Å²) in [5.74, 6) is 0.299. The number of thiophene rings is 1. The fourth-order valence-electron chi connectivity index (χ4n) is 1.26. The zero-order valence-corrected chi connectivity index (χ0v) is 10.0. The number of sulfone groups is 1. The Labute approximate surface area is 89.9 Å². The van der Waals surface area contributed by atoms with Crippen LogP contribution >= 0.6 is 11.3 Å². The van der Waals surface area contributed by atoms with E-state index in [1.807, 2.05) is 0 Å². The normalized spacial score (nSPS) is 11.8. The highest BCUT2D eigenvalue weighted by molar-refractivity contribution is 7.93. The molecule has 1 heterocycles. The van der Waals surface area contributed by atoms with Gasteiger partial charge in [-0.05, 0) is 17.9 Å². The first-order valence-corrected chi connectivity index (χ1v) is 7.46. The maximum absolute atomic E-state index is 11.7. The lowest BCUT2D eigenvalue weighted by Crippen LogP contribution is -2.04. The molecule has 80 valence electrons. The van der Waals surface area contributed by atoms with Gasteiger partial charge in [0.25, 0.3) is 0 Å². The van der Waals surface area contributed by atoms with Crippen molar-refractivity contribution >= 4 is 21.2 Å². The van der Waals surface area contributed by atoms with Gasteiger partial charge in [0, 0.05) is 0 Å². The third-order valence-corrected chi connectivity index (χ3v) is 5.36. The van der Waals surface area contributed by atoms with E-state index in [0.717, 1.165) is 25.7 Å². The number of rotatable bonds is 6. The second-order valence-corrected chi connectivity index (χ2v) is 6.60. The van der Waals surface area contributed by atoms with Crippen molar-refractivity contribution in [3.8, 4) is 0 Å². The fraction of sp³-hybridized carbons (Fsp3) is 0.600. The second kappa shape index (κ2) is 5.51. The van der Waals surface area contributed by atoms with E-state index in [0.29, 0.717) is 9.96 Å². The minimum absolute atomic E-state index is 0.299. The van der Waals surface area contributed by atoms with Crippen LogP contribution in [0.4, 0.5) is 0 Å². The fourth-order valence-corrected chi connectivity index (χ4v) is 3.78. The molecule has 0 saturated carbocycles. The van der Waals surface area contributed by atoms with Gasteiger partial charge in [0.15, 0.2) is 9.84 Å². The molecule has 0 aliphatic heterocycles. The van der Waals surface area contributed by atoms with E-state index in [-0.39, 0.29) is 0 Å². The Morgan fingerprint density at radius 1 is 1.29 bits per heavy atom. The molecule has 0 amide bonds. The lowest BCUT2D eigenvalue weighted by molar-refractivity contribution is 0.591. The summed E-state index contributed by atoms with van der Waals surface area (Å²) in [6, 6.07) is 3.46. The monoisotopic (exact) mass is 232 g/mol. The van der Waals surface area contributed by atoms with E-state index >= 15 is 0 Å². The van der Waals surface area contributed by atoms with Crippen LogP contribution in [0, 0.1) is 0 Å². The zero-order valence-electron chi connectivity index (χ0n) is 8.40. The highest BCUT2D eigenvalue weighted by atomic mass is 32.2. The maximum Gasteiger partial charge on any atom is 0.187 e. The van der Waals surface area contributed by atoms with Crippen molar-refractivity contribution in [2.24, 2.45) is 0 Å². The van der Waals surface area contributed by atoms with Gasteiger partial charge in [-0.15, -0.1) is 11.3 Å². The Kier molecular flexibility index (Phi) is 4.62. The largest absolute Gasteiger partial charge is 0.223 e. The molecule has 0 aromatic carbocycles. The van der Waals surface area contributed by atoms with Crippen LogP contribution in [-0.4, -0.2) is 14.2 Å². The molecule has 0 spiro atoms. The smallest absolute Gasteiger partial charge is 0.187 e. The molecule has 0 saturated heterocycles. The van der Waals surface area contributed by atoms with Crippen LogP contribution in [-0.2, 0) is 9.84 Å². The van der Waals surface area contributed by atoms with E-state index in [2.05, 4.69) is 6.92 Å². The molecule has 0 fully saturated rings. The molecule has 0 radical (unpaired) electrons. The van der Waals surface area contributed by atoms with E-state index in [9.17, 15) is 8.42 Å². The van der Waals surface area contributed by atoms with Gasteiger partial charge in [-0.2, -0.15) is 0 Å². The minimum atomic E-state index is -2.98. The molecule has 0 atom stereocenters. The summed E-state index contributed by atoms with van der Waals surface area (Å²) in [6.45, 7) is 2.12. The molecule has 0 bridgehead atoms. The zero-order chi connectivity index (χ0) is 10.4. The van der Waals surface area contributed by atoms with E-state index in [4.69, 9.17) is 0 Å². The average Bonchev–Trinajstić information content (AvgIpc) is 2.65. The predicted molar refractivity (Wildman–Crippen MR) is 60.5 cm³/mol. The topological polar surface area (TPSA) is 34.1 Å². The summed E-state index contributed by atoms with van der Waals surface area (Å²) in [7, 11) is -2.98. The summed E-state index contributed by atoms with van der Waals surface area (Å²) in [5.41, 5.74) is 0. The molecule has 1 aromatic heterocycles. The molecule has 0 aliphatic rings. The van der Waals surface area contributed by atoms with Gasteiger partial charge in [-0.1, -0.05) is 32.3 Å². The highest BCUT2D eigenvalue weighted by Gasteiger charge is 2.14. The van der Waals surface area contributed by atoms with E-state index < -0.39 is 9.84 Å². The summed E-state index contributed by atoms with van der Waals surface area (Å²) in [6.07, 6.45) is 4.06. The van der Waals surface area contributed by atoms with Gasteiger partial charge in [0.1, 0.15) is 4.21 Å². The number of hydrogen-bond acceptors (Lipinski definition) is 3. The van der Waals surface area contributed by atoms with Crippen molar-refractivity contribution in [2.45, 2.75) is 36.8 Å². The van der Waals surface area contributed by atoms with Crippen molar-refractivity contribution in [3.05, 3.63) is 17.5 Å². The maximum atomic E-state index is 11.7.